The Kier molecular flexibility index (Phi) is 4.64. The number of benzene rings is 2. The fourth-order valence-electron chi connectivity index (χ4n) is 1.95. The van der Waals surface area contributed by atoms with E-state index in [1.807, 2.05) is 13.0 Å². The molecule has 110 valence electrons. The first-order valence-corrected chi connectivity index (χ1v) is 6.58. The van der Waals surface area contributed by atoms with E-state index < -0.39 is 23.4 Å². The molecule has 2 rings (SSSR count). The third-order valence-electron chi connectivity index (χ3n) is 3.07. The minimum atomic E-state index is -1.48. The van der Waals surface area contributed by atoms with Crippen LogP contribution >= 0.6 is 0 Å². The van der Waals surface area contributed by atoms with Crippen LogP contribution in [0.4, 0.5) is 10.1 Å². The number of amides is 1. The molecular weight excluding hydrogens is 283 g/mol. The van der Waals surface area contributed by atoms with Crippen LogP contribution < -0.4 is 5.32 Å². The number of rotatable bonds is 4. The maximum atomic E-state index is 12.9. The van der Waals surface area contributed by atoms with Crippen LogP contribution in [0.2, 0.25) is 0 Å². The van der Waals surface area contributed by atoms with E-state index in [0.29, 0.717) is 5.69 Å². The molecule has 5 heteroatoms. The Balaban J connectivity index is 2.17. The lowest BCUT2D eigenvalue weighted by Crippen LogP contribution is -2.28. The van der Waals surface area contributed by atoms with Crippen molar-refractivity contribution in [1.82, 2.24) is 0 Å². The molecule has 1 atom stereocenters. The molecule has 1 N–H and O–H groups in total. The molecule has 0 aromatic heterocycles. The molecule has 0 bridgehead atoms. The molecule has 0 saturated carbocycles. The van der Waals surface area contributed by atoms with Gasteiger partial charge >= 0.3 is 0 Å². The number of hydrogen-bond donors (Lipinski definition) is 1. The number of Topliss-reactive ketones (excluding diaryl/α,β-unsaturated/α-hetero) is 1. The molecule has 0 aliphatic rings. The number of anilines is 1. The van der Waals surface area contributed by atoms with Crippen molar-refractivity contribution in [2.24, 2.45) is 5.92 Å². The van der Waals surface area contributed by atoms with Gasteiger partial charge < -0.3 is 5.32 Å². The molecule has 0 aliphatic heterocycles. The monoisotopic (exact) mass is 296 g/mol. The first kappa shape index (κ1) is 15.4. The summed E-state index contributed by atoms with van der Waals surface area (Å²) in [7, 11) is 0. The van der Waals surface area contributed by atoms with Gasteiger partial charge in [0.05, 0.1) is 6.07 Å². The van der Waals surface area contributed by atoms with E-state index in [-0.39, 0.29) is 5.56 Å². The molecule has 22 heavy (non-hydrogen) atoms. The summed E-state index contributed by atoms with van der Waals surface area (Å²) in [6, 6.07) is 13.4. The van der Waals surface area contributed by atoms with Gasteiger partial charge in [0.25, 0.3) is 0 Å². The van der Waals surface area contributed by atoms with Crippen LogP contribution in [0.5, 0.6) is 0 Å². The third-order valence-corrected chi connectivity index (χ3v) is 3.07. The standard InChI is InChI=1S/C17H13FN2O2/c1-11-3-2-4-14(9-11)20-17(22)15(10-19)16(21)12-5-7-13(18)8-6-12/h2-9,15H,1H3,(H,20,22)/t15-/m0/s1. The Morgan fingerprint density at radius 1 is 1.18 bits per heavy atom. The second kappa shape index (κ2) is 6.64. The van der Waals surface area contributed by atoms with E-state index in [9.17, 15) is 14.0 Å². The minimum absolute atomic E-state index is 0.118. The SMILES string of the molecule is Cc1cccc(NC(=O)[C@@H](C#N)C(=O)c2ccc(F)cc2)c1. The molecule has 4 nitrogen and oxygen atoms in total. The van der Waals surface area contributed by atoms with Crippen molar-refractivity contribution in [2.45, 2.75) is 6.92 Å². The molecule has 0 aliphatic carbocycles. The molecule has 0 unspecified atom stereocenters. The van der Waals surface area contributed by atoms with Gasteiger partial charge in [-0.1, -0.05) is 12.1 Å². The summed E-state index contributed by atoms with van der Waals surface area (Å²) in [5.74, 6) is -3.34. The molecule has 0 saturated heterocycles. The summed E-state index contributed by atoms with van der Waals surface area (Å²) in [4.78, 5) is 24.3. The van der Waals surface area contributed by atoms with Gasteiger partial charge in [-0.05, 0) is 48.9 Å². The quantitative estimate of drug-likeness (QED) is 0.696. The second-order valence-electron chi connectivity index (χ2n) is 4.79. The third kappa shape index (κ3) is 3.55. The van der Waals surface area contributed by atoms with Crippen molar-refractivity contribution in [1.29, 1.82) is 5.26 Å². The normalized spacial score (nSPS) is 11.3. The molecule has 2 aromatic carbocycles. The van der Waals surface area contributed by atoms with Crippen LogP contribution in [-0.2, 0) is 4.79 Å². The summed E-state index contributed by atoms with van der Waals surface area (Å²) in [5, 5.41) is 11.6. The Labute approximate surface area is 127 Å². The number of nitriles is 1. The van der Waals surface area contributed by atoms with Crippen molar-refractivity contribution in [3.05, 3.63) is 65.5 Å². The maximum Gasteiger partial charge on any atom is 0.249 e. The maximum absolute atomic E-state index is 12.9. The van der Waals surface area contributed by atoms with Gasteiger partial charge in [-0.2, -0.15) is 5.26 Å². The predicted octanol–water partition coefficient (Wildman–Crippen LogP) is 3.10. The minimum Gasteiger partial charge on any atom is -0.325 e. The van der Waals surface area contributed by atoms with Crippen LogP contribution in [-0.4, -0.2) is 11.7 Å². The molecule has 0 spiro atoms. The van der Waals surface area contributed by atoms with Gasteiger partial charge in [-0.3, -0.25) is 9.59 Å². The largest absolute Gasteiger partial charge is 0.325 e. The number of ketones is 1. The highest BCUT2D eigenvalue weighted by molar-refractivity contribution is 6.15. The average molecular weight is 296 g/mol. The van der Waals surface area contributed by atoms with Gasteiger partial charge in [0, 0.05) is 11.3 Å². The first-order chi connectivity index (χ1) is 10.5. The van der Waals surface area contributed by atoms with Gasteiger partial charge in [-0.15, -0.1) is 0 Å². The van der Waals surface area contributed by atoms with Crippen molar-refractivity contribution in [3.63, 3.8) is 0 Å². The van der Waals surface area contributed by atoms with E-state index in [2.05, 4.69) is 5.32 Å². The van der Waals surface area contributed by atoms with Crippen LogP contribution in [0.25, 0.3) is 0 Å². The van der Waals surface area contributed by atoms with Gasteiger partial charge in [-0.25, -0.2) is 4.39 Å². The average Bonchev–Trinajstić information content (AvgIpc) is 2.48. The summed E-state index contributed by atoms with van der Waals surface area (Å²) >= 11 is 0. The van der Waals surface area contributed by atoms with E-state index >= 15 is 0 Å². The fourth-order valence-corrected chi connectivity index (χ4v) is 1.95. The van der Waals surface area contributed by atoms with Gasteiger partial charge in [0.15, 0.2) is 11.7 Å². The summed E-state index contributed by atoms with van der Waals surface area (Å²) in [5.41, 5.74) is 1.57. The summed E-state index contributed by atoms with van der Waals surface area (Å²) in [6.07, 6.45) is 0. The van der Waals surface area contributed by atoms with Crippen LogP contribution in [0.1, 0.15) is 15.9 Å². The molecular formula is C17H13FN2O2. The topological polar surface area (TPSA) is 70.0 Å². The molecule has 2 aromatic rings. The zero-order chi connectivity index (χ0) is 16.1. The Morgan fingerprint density at radius 3 is 2.45 bits per heavy atom. The highest BCUT2D eigenvalue weighted by Gasteiger charge is 2.27. The number of halogens is 1. The van der Waals surface area contributed by atoms with Crippen LogP contribution in [0.15, 0.2) is 48.5 Å². The lowest BCUT2D eigenvalue weighted by molar-refractivity contribution is -0.117. The molecule has 0 heterocycles. The van der Waals surface area contributed by atoms with Gasteiger partial charge in [0.1, 0.15) is 5.82 Å². The number of nitrogens with zero attached hydrogens (tertiary/aromatic N) is 1. The predicted molar refractivity (Wildman–Crippen MR) is 79.6 cm³/mol. The highest BCUT2D eigenvalue weighted by atomic mass is 19.1. The first-order valence-electron chi connectivity index (χ1n) is 6.58. The smallest absolute Gasteiger partial charge is 0.249 e. The lowest BCUT2D eigenvalue weighted by atomic mass is 9.98. The Hall–Kier alpha value is -3.00. The summed E-state index contributed by atoms with van der Waals surface area (Å²) in [6.45, 7) is 1.86. The van der Waals surface area contributed by atoms with Crippen molar-refractivity contribution in [2.75, 3.05) is 5.32 Å². The zero-order valence-electron chi connectivity index (χ0n) is 11.8. The number of nitrogens with one attached hydrogen (secondary N) is 1. The van der Waals surface area contributed by atoms with Crippen molar-refractivity contribution in [3.8, 4) is 6.07 Å². The number of hydrogen-bond acceptors (Lipinski definition) is 3. The Bertz CT molecular complexity index is 748. The van der Waals surface area contributed by atoms with E-state index in [4.69, 9.17) is 5.26 Å². The number of carbonyl (C=O) groups is 2. The van der Waals surface area contributed by atoms with E-state index in [0.717, 1.165) is 17.7 Å². The highest BCUT2D eigenvalue weighted by Crippen LogP contribution is 2.14. The van der Waals surface area contributed by atoms with Gasteiger partial charge in [0.2, 0.25) is 5.91 Å². The molecule has 0 radical (unpaired) electrons. The van der Waals surface area contributed by atoms with Crippen LogP contribution in [0, 0.1) is 30.0 Å². The number of carbonyl (C=O) groups excluding carboxylic acids is 2. The second-order valence-corrected chi connectivity index (χ2v) is 4.79. The molecule has 0 fully saturated rings. The zero-order valence-corrected chi connectivity index (χ0v) is 11.8. The van der Waals surface area contributed by atoms with Crippen molar-refractivity contribution >= 4 is 17.4 Å². The van der Waals surface area contributed by atoms with Crippen LogP contribution in [0.3, 0.4) is 0 Å². The number of aryl methyl sites for hydroxylation is 1. The summed E-state index contributed by atoms with van der Waals surface area (Å²) < 4.78 is 12.9. The lowest BCUT2D eigenvalue weighted by Gasteiger charge is -2.10. The van der Waals surface area contributed by atoms with E-state index in [1.165, 1.54) is 12.1 Å². The Morgan fingerprint density at radius 2 is 1.86 bits per heavy atom. The molecule has 1 amide bonds. The van der Waals surface area contributed by atoms with E-state index in [1.54, 1.807) is 24.3 Å². The fraction of sp³-hybridized carbons (Fsp3) is 0.118. The van der Waals surface area contributed by atoms with Crippen molar-refractivity contribution < 1.29 is 14.0 Å².